The summed E-state index contributed by atoms with van der Waals surface area (Å²) in [5.41, 5.74) is -1.16. The van der Waals surface area contributed by atoms with Crippen molar-refractivity contribution in [3.63, 3.8) is 0 Å². The van der Waals surface area contributed by atoms with Crippen LogP contribution >= 0.6 is 0 Å². The molecule has 0 radical (unpaired) electrons. The van der Waals surface area contributed by atoms with E-state index in [-0.39, 0.29) is 6.04 Å². The molecule has 1 fully saturated rings. The van der Waals surface area contributed by atoms with Gasteiger partial charge in [0.25, 0.3) is 0 Å². The predicted molar refractivity (Wildman–Crippen MR) is 48.8 cm³/mol. The van der Waals surface area contributed by atoms with Crippen LogP contribution in [0, 0.1) is 0 Å². The number of hydrogen-bond acceptors (Lipinski definition) is 2. The van der Waals surface area contributed by atoms with Gasteiger partial charge < -0.3 is 9.84 Å². The lowest BCUT2D eigenvalue weighted by atomic mass is 10.2. The number of rotatable bonds is 3. The first-order valence-corrected chi connectivity index (χ1v) is 6.55. The van der Waals surface area contributed by atoms with Crippen molar-refractivity contribution < 1.29 is 23.0 Å². The first kappa shape index (κ1) is 12.0. The van der Waals surface area contributed by atoms with Gasteiger partial charge in [-0.15, -0.1) is 0 Å². The van der Waals surface area contributed by atoms with Gasteiger partial charge >= 0.3 is 6.18 Å². The molecule has 1 aliphatic heterocycles. The van der Waals surface area contributed by atoms with Crippen LogP contribution in [-0.4, -0.2) is 32.8 Å². The Labute approximate surface area is 83.3 Å². The third-order valence-corrected chi connectivity index (χ3v) is 4.41. The molecule has 2 nitrogen and oxygen atoms in total. The van der Waals surface area contributed by atoms with Gasteiger partial charge in [-0.2, -0.15) is 13.2 Å². The van der Waals surface area contributed by atoms with Crippen LogP contribution < -0.4 is 0 Å². The van der Waals surface area contributed by atoms with Gasteiger partial charge in [0.2, 0.25) is 0 Å². The molecule has 0 amide bonds. The topological polar surface area (TPSA) is 29.5 Å². The van der Waals surface area contributed by atoms with Crippen molar-refractivity contribution in [2.45, 2.75) is 43.3 Å². The molecule has 1 saturated heterocycles. The van der Waals surface area contributed by atoms with Crippen LogP contribution in [0.2, 0.25) is 6.04 Å². The van der Waals surface area contributed by atoms with Crippen LogP contribution in [0.1, 0.15) is 25.7 Å². The Hall–Kier alpha value is -0.0731. The third kappa shape index (κ3) is 4.43. The van der Waals surface area contributed by atoms with Gasteiger partial charge in [-0.3, -0.25) is 0 Å². The second-order valence-corrected chi connectivity index (χ2v) is 6.03. The summed E-state index contributed by atoms with van der Waals surface area (Å²) < 4.78 is 40.6. The quantitative estimate of drug-likeness (QED) is 0.739. The van der Waals surface area contributed by atoms with Gasteiger partial charge in [0.05, 0.1) is 9.52 Å². The molecule has 6 heteroatoms. The van der Waals surface area contributed by atoms with Gasteiger partial charge in [-0.1, -0.05) is 0 Å². The van der Waals surface area contributed by atoms with E-state index in [0.29, 0.717) is 13.0 Å². The maximum atomic E-state index is 11.8. The van der Waals surface area contributed by atoms with E-state index in [1.807, 2.05) is 0 Å². The highest BCUT2D eigenvalue weighted by atomic mass is 28.2. The number of aliphatic hydroxyl groups is 1. The van der Waals surface area contributed by atoms with Crippen molar-refractivity contribution in [2.75, 3.05) is 6.61 Å². The van der Waals surface area contributed by atoms with E-state index in [2.05, 4.69) is 0 Å². The molecule has 1 N–H and O–H groups in total. The maximum absolute atomic E-state index is 11.8. The zero-order chi connectivity index (χ0) is 10.7. The Morgan fingerprint density at radius 2 is 2.07 bits per heavy atom. The summed E-state index contributed by atoms with van der Waals surface area (Å²) in [6.07, 6.45) is -2.62. The lowest BCUT2D eigenvalue weighted by Crippen LogP contribution is -2.42. The van der Waals surface area contributed by atoms with Gasteiger partial charge in [-0.25, -0.2) is 0 Å². The molecule has 0 saturated carbocycles. The second-order valence-electron chi connectivity index (χ2n) is 3.72. The molecule has 0 aromatic heterocycles. The highest BCUT2D eigenvalue weighted by Gasteiger charge is 2.33. The van der Waals surface area contributed by atoms with Crippen molar-refractivity contribution in [3.8, 4) is 0 Å². The fourth-order valence-corrected chi connectivity index (χ4v) is 3.52. The van der Waals surface area contributed by atoms with Gasteiger partial charge in [0, 0.05) is 13.0 Å². The molecular formula is C8H15F3O2Si. The van der Waals surface area contributed by atoms with Crippen LogP contribution in [0.15, 0.2) is 0 Å². The molecule has 0 aromatic carbocycles. The summed E-state index contributed by atoms with van der Waals surface area (Å²) in [5.74, 6) is 0. The van der Waals surface area contributed by atoms with Gasteiger partial charge in [-0.05, 0) is 25.3 Å². The monoisotopic (exact) mass is 228 g/mol. The first-order chi connectivity index (χ1) is 6.41. The van der Waals surface area contributed by atoms with Crippen LogP contribution in [0.4, 0.5) is 13.2 Å². The van der Waals surface area contributed by atoms with Crippen molar-refractivity contribution in [1.82, 2.24) is 0 Å². The molecular weight excluding hydrogens is 213 g/mol. The second kappa shape index (κ2) is 4.63. The molecule has 0 bridgehead atoms. The van der Waals surface area contributed by atoms with Crippen molar-refractivity contribution >= 4 is 9.52 Å². The van der Waals surface area contributed by atoms with E-state index >= 15 is 0 Å². The number of ether oxygens (including phenoxy) is 1. The smallest absolute Gasteiger partial charge is 0.370 e. The summed E-state index contributed by atoms with van der Waals surface area (Å²) in [4.78, 5) is 0. The summed E-state index contributed by atoms with van der Waals surface area (Å²) in [6.45, 7) is 0.482. The molecule has 0 aliphatic carbocycles. The van der Waals surface area contributed by atoms with Crippen molar-refractivity contribution in [1.29, 1.82) is 0 Å². The zero-order valence-electron chi connectivity index (χ0n) is 7.94. The molecule has 1 atom stereocenters. The number of hydrogen-bond donors (Lipinski definition) is 1. The first-order valence-electron chi connectivity index (χ1n) is 4.84. The minimum atomic E-state index is -4.10. The minimum absolute atomic E-state index is 0.0694. The predicted octanol–water partition coefficient (Wildman–Crippen LogP) is 1.37. The Bertz CT molecular complexity index is 178. The molecule has 14 heavy (non-hydrogen) atoms. The Balaban J connectivity index is 2.22. The largest absolute Gasteiger partial charge is 0.388 e. The molecule has 1 heterocycles. The van der Waals surface area contributed by atoms with E-state index in [9.17, 15) is 18.3 Å². The van der Waals surface area contributed by atoms with Gasteiger partial charge in [0.15, 0.2) is 0 Å². The van der Waals surface area contributed by atoms with Crippen LogP contribution in [0.5, 0.6) is 0 Å². The van der Waals surface area contributed by atoms with E-state index in [1.54, 1.807) is 0 Å². The lowest BCUT2D eigenvalue weighted by Gasteiger charge is -2.32. The lowest BCUT2D eigenvalue weighted by molar-refractivity contribution is -0.165. The van der Waals surface area contributed by atoms with Crippen molar-refractivity contribution in [2.24, 2.45) is 0 Å². The SMILES string of the molecule is OC1([SiH2]CCC(F)(F)F)CCCCO1. The average molecular weight is 228 g/mol. The Morgan fingerprint density at radius 3 is 2.57 bits per heavy atom. The fraction of sp³-hybridized carbons (Fsp3) is 1.00. The molecule has 1 unspecified atom stereocenters. The number of alkyl halides is 3. The normalized spacial score (nSPS) is 30.0. The van der Waals surface area contributed by atoms with E-state index < -0.39 is 27.5 Å². The van der Waals surface area contributed by atoms with Crippen LogP contribution in [0.25, 0.3) is 0 Å². The molecule has 0 aromatic rings. The molecule has 1 aliphatic rings. The summed E-state index contributed by atoms with van der Waals surface area (Å²) in [5, 5.41) is 9.74. The standard InChI is InChI=1S/C8H15F3O2Si/c9-7(10,11)4-6-14-8(12)3-1-2-5-13-8/h12H,1-6,14H2. The van der Waals surface area contributed by atoms with E-state index in [0.717, 1.165) is 12.8 Å². The highest BCUT2D eigenvalue weighted by molar-refractivity contribution is 6.38. The maximum Gasteiger partial charge on any atom is 0.388 e. The summed E-state index contributed by atoms with van der Waals surface area (Å²) >= 11 is 0. The van der Waals surface area contributed by atoms with Gasteiger partial charge in [0.1, 0.15) is 5.41 Å². The number of halogens is 3. The highest BCUT2D eigenvalue weighted by Crippen LogP contribution is 2.26. The van der Waals surface area contributed by atoms with Crippen LogP contribution in [0.3, 0.4) is 0 Å². The summed E-state index contributed by atoms with van der Waals surface area (Å²) in [6, 6.07) is 0.0694. The Kier molecular flexibility index (Phi) is 3.97. The van der Waals surface area contributed by atoms with E-state index in [4.69, 9.17) is 4.74 Å². The molecule has 84 valence electrons. The summed E-state index contributed by atoms with van der Waals surface area (Å²) in [7, 11) is -1.20. The van der Waals surface area contributed by atoms with E-state index in [1.165, 1.54) is 0 Å². The third-order valence-electron chi connectivity index (χ3n) is 2.36. The van der Waals surface area contributed by atoms with Crippen molar-refractivity contribution in [3.05, 3.63) is 0 Å². The molecule has 0 spiro atoms. The zero-order valence-corrected chi connectivity index (χ0v) is 9.35. The van der Waals surface area contributed by atoms with Crippen LogP contribution in [-0.2, 0) is 4.74 Å². The Morgan fingerprint density at radius 1 is 1.36 bits per heavy atom. The fourth-order valence-electron chi connectivity index (χ4n) is 1.60. The minimum Gasteiger partial charge on any atom is -0.370 e. The molecule has 1 rings (SSSR count). The average Bonchev–Trinajstić information content (AvgIpc) is 2.02.